The van der Waals surface area contributed by atoms with Crippen LogP contribution in [-0.2, 0) is 24.4 Å². The molecule has 0 aliphatic carbocycles. The van der Waals surface area contributed by atoms with Crippen LogP contribution in [0.25, 0.3) is 0 Å². The van der Waals surface area contributed by atoms with E-state index in [2.05, 4.69) is 44.8 Å². The Bertz CT molecular complexity index is 835. The normalized spacial score (nSPS) is 15.0. The van der Waals surface area contributed by atoms with E-state index in [0.29, 0.717) is 13.1 Å². The number of nitrogens with one attached hydrogen (secondary N) is 2. The zero-order valence-corrected chi connectivity index (χ0v) is 18.1. The van der Waals surface area contributed by atoms with E-state index in [1.807, 2.05) is 18.2 Å². The molecule has 1 fully saturated rings. The van der Waals surface area contributed by atoms with Gasteiger partial charge in [-0.3, -0.25) is 9.89 Å². The number of methoxy groups -OCH3 is 2. The fourth-order valence-corrected chi connectivity index (χ4v) is 3.44. The summed E-state index contributed by atoms with van der Waals surface area (Å²) in [5.41, 5.74) is 3.58. The predicted octanol–water partition coefficient (Wildman–Crippen LogP) is 2.40. The van der Waals surface area contributed by atoms with E-state index < -0.39 is 0 Å². The number of rotatable bonds is 8. The van der Waals surface area contributed by atoms with Crippen molar-refractivity contribution in [3.05, 3.63) is 59.2 Å². The number of benzene rings is 2. The van der Waals surface area contributed by atoms with Gasteiger partial charge >= 0.3 is 0 Å². The molecule has 0 spiro atoms. The lowest BCUT2D eigenvalue weighted by molar-refractivity contribution is 0.0342. The third kappa shape index (κ3) is 6.37. The first-order valence-corrected chi connectivity index (χ1v) is 10.2. The molecule has 2 N–H and O–H groups in total. The van der Waals surface area contributed by atoms with Crippen LogP contribution in [0.15, 0.2) is 47.5 Å². The van der Waals surface area contributed by atoms with Crippen LogP contribution in [0.3, 0.4) is 0 Å². The van der Waals surface area contributed by atoms with Gasteiger partial charge in [0.25, 0.3) is 0 Å². The standard InChI is InChI=1S/C23H32N4O3/c1-24-23(26-16-20-7-8-21(28-2)14-22(20)29-3)25-15-18-5-4-6-19(13-18)17-27-9-11-30-12-10-27/h4-8,13-14H,9-12,15-17H2,1-3H3,(H2,24,25,26). The van der Waals surface area contributed by atoms with Crippen molar-refractivity contribution in [2.24, 2.45) is 4.99 Å². The molecule has 0 radical (unpaired) electrons. The maximum absolute atomic E-state index is 5.47. The molecule has 162 valence electrons. The van der Waals surface area contributed by atoms with E-state index in [0.717, 1.165) is 55.9 Å². The number of nitrogens with zero attached hydrogens (tertiary/aromatic N) is 2. The molecule has 1 aliphatic heterocycles. The van der Waals surface area contributed by atoms with Crippen molar-refractivity contribution in [1.29, 1.82) is 0 Å². The summed E-state index contributed by atoms with van der Waals surface area (Å²) < 4.78 is 16.2. The smallest absolute Gasteiger partial charge is 0.191 e. The van der Waals surface area contributed by atoms with Crippen molar-refractivity contribution in [2.45, 2.75) is 19.6 Å². The van der Waals surface area contributed by atoms with E-state index in [4.69, 9.17) is 14.2 Å². The number of hydrogen-bond acceptors (Lipinski definition) is 5. The molecule has 7 nitrogen and oxygen atoms in total. The van der Waals surface area contributed by atoms with Gasteiger partial charge in [-0.25, -0.2) is 0 Å². The van der Waals surface area contributed by atoms with Gasteiger partial charge in [-0.15, -0.1) is 0 Å². The number of hydrogen-bond donors (Lipinski definition) is 2. The van der Waals surface area contributed by atoms with E-state index in [1.165, 1.54) is 11.1 Å². The molecular weight excluding hydrogens is 380 g/mol. The second-order valence-corrected chi connectivity index (χ2v) is 7.17. The summed E-state index contributed by atoms with van der Waals surface area (Å²) in [4.78, 5) is 6.76. The lowest BCUT2D eigenvalue weighted by atomic mass is 10.1. The quantitative estimate of drug-likeness (QED) is 0.513. The fourth-order valence-electron chi connectivity index (χ4n) is 3.44. The highest BCUT2D eigenvalue weighted by Crippen LogP contribution is 2.24. The van der Waals surface area contributed by atoms with Crippen LogP contribution in [0.2, 0.25) is 0 Å². The summed E-state index contributed by atoms with van der Waals surface area (Å²) in [6.07, 6.45) is 0. The monoisotopic (exact) mass is 412 g/mol. The van der Waals surface area contributed by atoms with Gasteiger partial charge in [0.05, 0.1) is 27.4 Å². The molecule has 2 aromatic carbocycles. The Labute approximate surface area is 179 Å². The SMILES string of the molecule is CN=C(NCc1cccc(CN2CCOCC2)c1)NCc1ccc(OC)cc1OC. The first-order valence-electron chi connectivity index (χ1n) is 10.2. The maximum atomic E-state index is 5.47. The van der Waals surface area contributed by atoms with Crippen LogP contribution < -0.4 is 20.1 Å². The highest BCUT2D eigenvalue weighted by molar-refractivity contribution is 5.79. The third-order valence-electron chi connectivity index (χ3n) is 5.13. The van der Waals surface area contributed by atoms with E-state index in [9.17, 15) is 0 Å². The van der Waals surface area contributed by atoms with Gasteiger partial charge in [-0.05, 0) is 23.3 Å². The second kappa shape index (κ2) is 11.4. The minimum absolute atomic E-state index is 0.601. The molecule has 0 unspecified atom stereocenters. The fraction of sp³-hybridized carbons (Fsp3) is 0.435. The number of guanidine groups is 1. The molecule has 0 aromatic heterocycles. The average molecular weight is 413 g/mol. The highest BCUT2D eigenvalue weighted by Gasteiger charge is 2.11. The summed E-state index contributed by atoms with van der Waals surface area (Å²) >= 11 is 0. The lowest BCUT2D eigenvalue weighted by Crippen LogP contribution is -2.36. The molecular formula is C23H32N4O3. The first kappa shape index (κ1) is 21.9. The molecule has 1 heterocycles. The topological polar surface area (TPSA) is 67.4 Å². The molecule has 7 heteroatoms. The lowest BCUT2D eigenvalue weighted by Gasteiger charge is -2.26. The zero-order valence-electron chi connectivity index (χ0n) is 18.1. The highest BCUT2D eigenvalue weighted by atomic mass is 16.5. The number of morpholine rings is 1. The Morgan fingerprint density at radius 1 is 1.00 bits per heavy atom. The molecule has 0 atom stereocenters. The summed E-state index contributed by atoms with van der Waals surface area (Å²) in [5, 5.41) is 6.73. The van der Waals surface area contributed by atoms with Crippen molar-refractivity contribution < 1.29 is 14.2 Å². The van der Waals surface area contributed by atoms with Crippen LogP contribution in [0.4, 0.5) is 0 Å². The summed E-state index contributed by atoms with van der Waals surface area (Å²) in [5.74, 6) is 2.30. The molecule has 3 rings (SSSR count). The van der Waals surface area contributed by atoms with Crippen LogP contribution in [0.1, 0.15) is 16.7 Å². The molecule has 0 saturated carbocycles. The zero-order chi connectivity index (χ0) is 21.2. The van der Waals surface area contributed by atoms with Crippen LogP contribution in [-0.4, -0.2) is 58.4 Å². The van der Waals surface area contributed by atoms with E-state index in [1.54, 1.807) is 21.3 Å². The molecule has 1 saturated heterocycles. The number of aliphatic imine (C=N–C) groups is 1. The van der Waals surface area contributed by atoms with Gasteiger partial charge in [0.2, 0.25) is 0 Å². The van der Waals surface area contributed by atoms with Crippen molar-refractivity contribution in [2.75, 3.05) is 47.6 Å². The second-order valence-electron chi connectivity index (χ2n) is 7.17. The van der Waals surface area contributed by atoms with Gasteiger partial charge in [0.1, 0.15) is 11.5 Å². The summed E-state index contributed by atoms with van der Waals surface area (Å²) in [6.45, 7) is 5.90. The maximum Gasteiger partial charge on any atom is 0.191 e. The van der Waals surface area contributed by atoms with Crippen molar-refractivity contribution in [1.82, 2.24) is 15.5 Å². The molecule has 2 aromatic rings. The third-order valence-corrected chi connectivity index (χ3v) is 5.13. The van der Waals surface area contributed by atoms with Crippen molar-refractivity contribution in [3.8, 4) is 11.5 Å². The Morgan fingerprint density at radius 2 is 1.77 bits per heavy atom. The molecule has 0 bridgehead atoms. The first-order chi connectivity index (χ1) is 14.7. The molecule has 1 aliphatic rings. The van der Waals surface area contributed by atoms with Gasteiger partial charge < -0.3 is 24.8 Å². The van der Waals surface area contributed by atoms with Crippen LogP contribution in [0, 0.1) is 0 Å². The summed E-state index contributed by atoms with van der Waals surface area (Å²) in [7, 11) is 5.08. The van der Waals surface area contributed by atoms with Crippen LogP contribution in [0.5, 0.6) is 11.5 Å². The molecule has 30 heavy (non-hydrogen) atoms. The van der Waals surface area contributed by atoms with Gasteiger partial charge in [-0.1, -0.05) is 24.3 Å². The molecule has 0 amide bonds. The largest absolute Gasteiger partial charge is 0.497 e. The van der Waals surface area contributed by atoms with Gasteiger partial charge in [0, 0.05) is 51.4 Å². The number of ether oxygens (including phenoxy) is 3. The Balaban J connectivity index is 1.52. The van der Waals surface area contributed by atoms with Crippen LogP contribution >= 0.6 is 0 Å². The van der Waals surface area contributed by atoms with E-state index in [-0.39, 0.29) is 0 Å². The Kier molecular flexibility index (Phi) is 8.35. The average Bonchev–Trinajstić information content (AvgIpc) is 2.80. The van der Waals surface area contributed by atoms with Gasteiger partial charge in [-0.2, -0.15) is 0 Å². The predicted molar refractivity (Wildman–Crippen MR) is 119 cm³/mol. The Morgan fingerprint density at radius 3 is 2.50 bits per heavy atom. The minimum Gasteiger partial charge on any atom is -0.497 e. The van der Waals surface area contributed by atoms with E-state index >= 15 is 0 Å². The Hall–Kier alpha value is -2.77. The van der Waals surface area contributed by atoms with Crippen molar-refractivity contribution in [3.63, 3.8) is 0 Å². The van der Waals surface area contributed by atoms with Gasteiger partial charge in [0.15, 0.2) is 5.96 Å². The van der Waals surface area contributed by atoms with Crippen molar-refractivity contribution >= 4 is 5.96 Å². The summed E-state index contributed by atoms with van der Waals surface area (Å²) in [6, 6.07) is 14.5. The minimum atomic E-state index is 0.601.